The maximum Gasteiger partial charge on any atom is 0.227 e. The molecule has 0 aromatic heterocycles. The molecule has 0 spiro atoms. The third-order valence-electron chi connectivity index (χ3n) is 8.49. The Morgan fingerprint density at radius 3 is 1.97 bits per heavy atom. The van der Waals surface area contributed by atoms with Gasteiger partial charge in [-0.3, -0.25) is 9.59 Å². The molecule has 4 rings (SSSR count). The normalized spacial score (nSPS) is 29.9. The predicted molar refractivity (Wildman–Crippen MR) is 124 cm³/mol. The number of hydrogen-bond donors (Lipinski definition) is 0. The van der Waals surface area contributed by atoms with Crippen LogP contribution in [0.25, 0.3) is 0 Å². The Kier molecular flexibility index (Phi) is 7.58. The van der Waals surface area contributed by atoms with Crippen LogP contribution in [0.15, 0.2) is 0 Å². The molecule has 0 aromatic rings. The first kappa shape index (κ1) is 23.0. The molecule has 0 saturated carbocycles. The Balaban J connectivity index is 1.18. The van der Waals surface area contributed by atoms with Gasteiger partial charge in [-0.05, 0) is 91.3 Å². The quantitative estimate of drug-likeness (QED) is 0.647. The maximum atomic E-state index is 13.0. The molecule has 4 heterocycles. The van der Waals surface area contributed by atoms with Crippen LogP contribution in [0.1, 0.15) is 65.7 Å². The van der Waals surface area contributed by atoms with Crippen molar-refractivity contribution >= 4 is 11.8 Å². The van der Waals surface area contributed by atoms with Gasteiger partial charge in [-0.25, -0.2) is 0 Å². The van der Waals surface area contributed by atoms with E-state index in [2.05, 4.69) is 40.4 Å². The van der Waals surface area contributed by atoms with E-state index >= 15 is 0 Å². The SMILES string of the molecule is CC(C)N1CCC(C(=O)N2CCC(CC(C)N3CCC(C(=O)N4CCCC4)CC3)C2)C1. The molecule has 176 valence electrons. The molecule has 0 aromatic carbocycles. The minimum Gasteiger partial charge on any atom is -0.342 e. The third-order valence-corrected chi connectivity index (χ3v) is 8.49. The van der Waals surface area contributed by atoms with E-state index in [0.717, 1.165) is 78.0 Å². The van der Waals surface area contributed by atoms with E-state index in [9.17, 15) is 9.59 Å². The summed E-state index contributed by atoms with van der Waals surface area (Å²) in [5, 5.41) is 0. The fourth-order valence-corrected chi connectivity index (χ4v) is 6.36. The number of carbonyl (C=O) groups is 2. The van der Waals surface area contributed by atoms with Gasteiger partial charge in [0, 0.05) is 50.7 Å². The smallest absolute Gasteiger partial charge is 0.227 e. The van der Waals surface area contributed by atoms with E-state index in [1.54, 1.807) is 0 Å². The van der Waals surface area contributed by atoms with Crippen molar-refractivity contribution in [3.8, 4) is 0 Å². The van der Waals surface area contributed by atoms with Crippen LogP contribution in [0.5, 0.6) is 0 Å². The Morgan fingerprint density at radius 1 is 0.710 bits per heavy atom. The first-order valence-corrected chi connectivity index (χ1v) is 13.0. The monoisotopic (exact) mass is 432 g/mol. The minimum absolute atomic E-state index is 0.214. The second kappa shape index (κ2) is 10.2. The average molecular weight is 433 g/mol. The molecule has 4 aliphatic heterocycles. The number of hydrogen-bond acceptors (Lipinski definition) is 4. The number of piperidine rings is 1. The van der Waals surface area contributed by atoms with Crippen molar-refractivity contribution in [1.82, 2.24) is 19.6 Å². The van der Waals surface area contributed by atoms with Crippen LogP contribution in [0.2, 0.25) is 0 Å². The molecule has 0 N–H and O–H groups in total. The van der Waals surface area contributed by atoms with Gasteiger partial charge >= 0.3 is 0 Å². The lowest BCUT2D eigenvalue weighted by atomic mass is 9.92. The van der Waals surface area contributed by atoms with Gasteiger partial charge in [0.1, 0.15) is 0 Å². The molecule has 4 fully saturated rings. The lowest BCUT2D eigenvalue weighted by Crippen LogP contribution is -2.45. The summed E-state index contributed by atoms with van der Waals surface area (Å²) in [5.74, 6) is 1.91. The molecule has 4 saturated heterocycles. The van der Waals surface area contributed by atoms with Crippen LogP contribution in [0, 0.1) is 17.8 Å². The fraction of sp³-hybridized carbons (Fsp3) is 0.920. The second-order valence-electron chi connectivity index (χ2n) is 10.9. The van der Waals surface area contributed by atoms with Crippen LogP contribution in [-0.4, -0.2) is 95.9 Å². The third kappa shape index (κ3) is 5.44. The molecule has 4 aliphatic rings. The Labute approximate surface area is 189 Å². The molecule has 2 amide bonds. The van der Waals surface area contributed by atoms with E-state index in [1.165, 1.54) is 19.3 Å². The highest BCUT2D eigenvalue weighted by molar-refractivity contribution is 5.80. The van der Waals surface area contributed by atoms with Gasteiger partial charge in [-0.1, -0.05) is 0 Å². The summed E-state index contributed by atoms with van der Waals surface area (Å²) in [4.78, 5) is 35.0. The predicted octanol–water partition coefficient (Wildman–Crippen LogP) is 2.68. The Hall–Kier alpha value is -1.14. The number of rotatable bonds is 6. The zero-order valence-electron chi connectivity index (χ0n) is 20.1. The molecule has 6 nitrogen and oxygen atoms in total. The maximum absolute atomic E-state index is 13.0. The van der Waals surface area contributed by atoms with Gasteiger partial charge < -0.3 is 19.6 Å². The molecule has 3 atom stereocenters. The van der Waals surface area contributed by atoms with Crippen LogP contribution in [-0.2, 0) is 9.59 Å². The van der Waals surface area contributed by atoms with Gasteiger partial charge in [0.15, 0.2) is 0 Å². The number of likely N-dealkylation sites (tertiary alicyclic amines) is 4. The van der Waals surface area contributed by atoms with Gasteiger partial charge in [0.05, 0.1) is 5.92 Å². The molecule has 0 radical (unpaired) electrons. The highest BCUT2D eigenvalue weighted by Gasteiger charge is 2.37. The standard InChI is InChI=1S/C25H44N4O2/c1-19(2)28-15-9-23(18-28)25(31)29-12-6-21(17-29)16-20(3)26-13-7-22(8-14-26)24(30)27-10-4-5-11-27/h19-23H,4-18H2,1-3H3. The molecule has 6 heteroatoms. The number of amides is 2. The van der Waals surface area contributed by atoms with Crippen LogP contribution in [0.3, 0.4) is 0 Å². The molecule has 0 bridgehead atoms. The molecule has 31 heavy (non-hydrogen) atoms. The van der Waals surface area contributed by atoms with E-state index in [4.69, 9.17) is 0 Å². The molecular formula is C25H44N4O2. The Morgan fingerprint density at radius 2 is 1.32 bits per heavy atom. The highest BCUT2D eigenvalue weighted by Crippen LogP contribution is 2.29. The molecule has 0 aliphatic carbocycles. The van der Waals surface area contributed by atoms with Crippen LogP contribution < -0.4 is 0 Å². The topological polar surface area (TPSA) is 47.1 Å². The Bertz CT molecular complexity index is 625. The number of carbonyl (C=O) groups excluding carboxylic acids is 2. The zero-order valence-corrected chi connectivity index (χ0v) is 20.1. The fourth-order valence-electron chi connectivity index (χ4n) is 6.36. The summed E-state index contributed by atoms with van der Waals surface area (Å²) < 4.78 is 0. The van der Waals surface area contributed by atoms with E-state index in [1.807, 2.05) is 0 Å². The summed E-state index contributed by atoms with van der Waals surface area (Å²) in [6, 6.07) is 1.09. The lowest BCUT2D eigenvalue weighted by molar-refractivity contribution is -0.136. The largest absolute Gasteiger partial charge is 0.342 e. The highest BCUT2D eigenvalue weighted by atomic mass is 16.2. The summed E-state index contributed by atoms with van der Waals surface area (Å²) in [7, 11) is 0. The van der Waals surface area contributed by atoms with Crippen molar-refractivity contribution in [3.05, 3.63) is 0 Å². The van der Waals surface area contributed by atoms with Crippen molar-refractivity contribution in [2.75, 3.05) is 52.4 Å². The lowest BCUT2D eigenvalue weighted by Gasteiger charge is -2.37. The minimum atomic E-state index is 0.214. The number of nitrogens with zero attached hydrogens (tertiary/aromatic N) is 4. The van der Waals surface area contributed by atoms with Gasteiger partial charge in [-0.2, -0.15) is 0 Å². The first-order chi connectivity index (χ1) is 14.9. The van der Waals surface area contributed by atoms with E-state index in [-0.39, 0.29) is 11.8 Å². The van der Waals surface area contributed by atoms with E-state index in [0.29, 0.717) is 29.8 Å². The van der Waals surface area contributed by atoms with Crippen molar-refractivity contribution in [3.63, 3.8) is 0 Å². The van der Waals surface area contributed by atoms with Crippen LogP contribution >= 0.6 is 0 Å². The van der Waals surface area contributed by atoms with Gasteiger partial charge in [0.2, 0.25) is 11.8 Å². The molecular weight excluding hydrogens is 388 g/mol. The van der Waals surface area contributed by atoms with Crippen LogP contribution in [0.4, 0.5) is 0 Å². The average Bonchev–Trinajstić information content (AvgIpc) is 3.54. The first-order valence-electron chi connectivity index (χ1n) is 13.0. The van der Waals surface area contributed by atoms with Gasteiger partial charge in [0.25, 0.3) is 0 Å². The zero-order chi connectivity index (χ0) is 22.0. The molecule has 3 unspecified atom stereocenters. The van der Waals surface area contributed by atoms with Crippen molar-refractivity contribution in [2.45, 2.75) is 77.8 Å². The van der Waals surface area contributed by atoms with Gasteiger partial charge in [-0.15, -0.1) is 0 Å². The summed E-state index contributed by atoms with van der Waals surface area (Å²) in [5.41, 5.74) is 0. The van der Waals surface area contributed by atoms with Crippen molar-refractivity contribution in [2.24, 2.45) is 17.8 Å². The van der Waals surface area contributed by atoms with Crippen molar-refractivity contribution < 1.29 is 9.59 Å². The van der Waals surface area contributed by atoms with E-state index < -0.39 is 0 Å². The van der Waals surface area contributed by atoms with Crippen molar-refractivity contribution in [1.29, 1.82) is 0 Å². The summed E-state index contributed by atoms with van der Waals surface area (Å²) in [6.45, 7) is 14.8. The second-order valence-corrected chi connectivity index (χ2v) is 10.9. The summed E-state index contributed by atoms with van der Waals surface area (Å²) in [6.07, 6.45) is 7.75. The summed E-state index contributed by atoms with van der Waals surface area (Å²) >= 11 is 0.